The largest absolute Gasteiger partial charge is 0.489 e. The van der Waals surface area contributed by atoms with E-state index in [-0.39, 0.29) is 12.5 Å². The van der Waals surface area contributed by atoms with Gasteiger partial charge in [-0.3, -0.25) is 4.79 Å². The van der Waals surface area contributed by atoms with Crippen LogP contribution in [0.5, 0.6) is 5.75 Å². The van der Waals surface area contributed by atoms with E-state index in [2.05, 4.69) is 4.98 Å². The number of hydrogen-bond donors (Lipinski definition) is 0. The highest BCUT2D eigenvalue weighted by Gasteiger charge is 2.18. The Hall–Kier alpha value is -3.22. The van der Waals surface area contributed by atoms with E-state index in [0.29, 0.717) is 33.6 Å². The summed E-state index contributed by atoms with van der Waals surface area (Å²) in [5.41, 5.74) is 2.54. The van der Waals surface area contributed by atoms with Gasteiger partial charge in [0.05, 0.1) is 0 Å². The Balaban J connectivity index is 1.43. The molecule has 0 radical (unpaired) electrons. The molecular weight excluding hydrogens is 447 g/mol. The molecular formula is C25H20ClFN2O2S. The maximum absolute atomic E-state index is 14.8. The molecule has 0 spiro atoms. The lowest BCUT2D eigenvalue weighted by Gasteiger charge is -2.15. The molecule has 0 bridgehead atoms. The summed E-state index contributed by atoms with van der Waals surface area (Å²) in [6.07, 6.45) is 0. The summed E-state index contributed by atoms with van der Waals surface area (Å²) in [6.45, 7) is 0.753. The average Bonchev–Trinajstić information content (AvgIpc) is 3.28. The number of hydrogen-bond acceptors (Lipinski definition) is 4. The molecule has 0 unspecified atom stereocenters. The van der Waals surface area contributed by atoms with Crippen LogP contribution < -0.4 is 4.74 Å². The van der Waals surface area contributed by atoms with Gasteiger partial charge in [0.1, 0.15) is 28.9 Å². The maximum Gasteiger partial charge on any atom is 0.273 e. The van der Waals surface area contributed by atoms with E-state index in [4.69, 9.17) is 16.3 Å². The van der Waals surface area contributed by atoms with E-state index < -0.39 is 5.82 Å². The number of halogens is 2. The van der Waals surface area contributed by atoms with Crippen molar-refractivity contribution < 1.29 is 13.9 Å². The lowest BCUT2D eigenvalue weighted by Crippen LogP contribution is -2.26. The Morgan fingerprint density at radius 3 is 2.59 bits per heavy atom. The van der Waals surface area contributed by atoms with E-state index in [1.54, 1.807) is 41.6 Å². The molecule has 3 aromatic carbocycles. The zero-order valence-corrected chi connectivity index (χ0v) is 18.9. The number of carbonyl (C=O) groups is 1. The number of amides is 1. The van der Waals surface area contributed by atoms with E-state index in [1.807, 2.05) is 42.5 Å². The normalized spacial score (nSPS) is 10.7. The first-order valence-electron chi connectivity index (χ1n) is 9.91. The molecule has 7 heteroatoms. The maximum atomic E-state index is 14.8. The molecule has 1 heterocycles. The van der Waals surface area contributed by atoms with E-state index >= 15 is 0 Å². The van der Waals surface area contributed by atoms with Crippen LogP contribution in [0.3, 0.4) is 0 Å². The van der Waals surface area contributed by atoms with E-state index in [9.17, 15) is 9.18 Å². The smallest absolute Gasteiger partial charge is 0.273 e. The molecule has 0 atom stereocenters. The fourth-order valence-electron chi connectivity index (χ4n) is 3.17. The first kappa shape index (κ1) is 22.0. The van der Waals surface area contributed by atoms with Crippen LogP contribution in [0.1, 0.15) is 21.6 Å². The summed E-state index contributed by atoms with van der Waals surface area (Å²) in [5.74, 6) is -0.264. The van der Waals surface area contributed by atoms with E-state index in [0.717, 1.165) is 11.1 Å². The fraction of sp³-hybridized carbons (Fsp3) is 0.120. The highest BCUT2D eigenvalue weighted by Crippen LogP contribution is 2.29. The summed E-state index contributed by atoms with van der Waals surface area (Å²) in [4.78, 5) is 18.7. The van der Waals surface area contributed by atoms with Crippen LogP contribution in [0, 0.1) is 5.82 Å². The van der Waals surface area contributed by atoms with Crippen LogP contribution in [0.4, 0.5) is 4.39 Å². The van der Waals surface area contributed by atoms with Gasteiger partial charge in [0, 0.05) is 35.6 Å². The molecule has 0 saturated carbocycles. The van der Waals surface area contributed by atoms with Crippen molar-refractivity contribution in [3.05, 3.63) is 106 Å². The molecule has 4 rings (SSSR count). The first-order chi connectivity index (χ1) is 15.5. The minimum Gasteiger partial charge on any atom is -0.489 e. The Labute approximate surface area is 194 Å². The molecule has 0 aliphatic heterocycles. The van der Waals surface area contributed by atoms with Crippen molar-refractivity contribution >= 4 is 28.8 Å². The van der Waals surface area contributed by atoms with Crippen molar-refractivity contribution in [1.82, 2.24) is 9.88 Å². The zero-order chi connectivity index (χ0) is 22.5. The third kappa shape index (κ3) is 5.33. The van der Waals surface area contributed by atoms with Crippen molar-refractivity contribution in [2.45, 2.75) is 13.2 Å². The summed E-state index contributed by atoms with van der Waals surface area (Å²) in [6, 6.07) is 21.6. The van der Waals surface area contributed by atoms with Crippen molar-refractivity contribution in [2.75, 3.05) is 7.05 Å². The average molecular weight is 467 g/mol. The predicted octanol–water partition coefficient (Wildman–Crippen LogP) is 6.45. The van der Waals surface area contributed by atoms with Crippen molar-refractivity contribution in [1.29, 1.82) is 0 Å². The molecule has 0 aliphatic carbocycles. The van der Waals surface area contributed by atoms with E-state index in [1.165, 1.54) is 17.4 Å². The second-order valence-corrected chi connectivity index (χ2v) is 8.54. The molecule has 4 nitrogen and oxygen atoms in total. The van der Waals surface area contributed by atoms with Gasteiger partial charge < -0.3 is 9.64 Å². The molecule has 0 aliphatic rings. The minimum atomic E-state index is -0.459. The van der Waals surface area contributed by atoms with Crippen LogP contribution in [-0.2, 0) is 13.2 Å². The molecule has 0 fully saturated rings. The summed E-state index contributed by atoms with van der Waals surface area (Å²) in [7, 11) is 1.72. The van der Waals surface area contributed by atoms with Gasteiger partial charge in [-0.25, -0.2) is 9.37 Å². The van der Waals surface area contributed by atoms with Crippen LogP contribution in [-0.4, -0.2) is 22.8 Å². The molecule has 32 heavy (non-hydrogen) atoms. The zero-order valence-electron chi connectivity index (χ0n) is 17.3. The SMILES string of the molecule is CN(Cc1ccccc1)C(=O)c1csc(-c2ccc(OCc3cccc(Cl)c3)cc2F)n1. The van der Waals surface area contributed by atoms with Gasteiger partial charge in [0.25, 0.3) is 5.91 Å². The van der Waals surface area contributed by atoms with Crippen LogP contribution in [0.15, 0.2) is 78.2 Å². The lowest BCUT2D eigenvalue weighted by atomic mass is 10.2. The molecule has 1 aromatic heterocycles. The topological polar surface area (TPSA) is 42.4 Å². The third-order valence-electron chi connectivity index (χ3n) is 4.80. The Morgan fingerprint density at radius 1 is 1.06 bits per heavy atom. The van der Waals surface area contributed by atoms with Crippen molar-refractivity contribution in [3.63, 3.8) is 0 Å². The van der Waals surface area contributed by atoms with Gasteiger partial charge >= 0.3 is 0 Å². The summed E-state index contributed by atoms with van der Waals surface area (Å²) < 4.78 is 20.4. The fourth-order valence-corrected chi connectivity index (χ4v) is 4.21. The molecule has 0 N–H and O–H groups in total. The monoisotopic (exact) mass is 466 g/mol. The van der Waals surface area contributed by atoms with Crippen LogP contribution >= 0.6 is 22.9 Å². The summed E-state index contributed by atoms with van der Waals surface area (Å²) in [5, 5.41) is 2.72. The standard InChI is InChI=1S/C25H20ClFN2O2S/c1-29(14-17-6-3-2-4-7-17)25(30)23-16-32-24(28-23)21-11-10-20(13-22(21)27)31-15-18-8-5-9-19(26)12-18/h2-13,16H,14-15H2,1H3. The second kappa shape index (κ2) is 9.94. The predicted molar refractivity (Wildman–Crippen MR) is 126 cm³/mol. The van der Waals surface area contributed by atoms with Crippen molar-refractivity contribution in [2.24, 2.45) is 0 Å². The Kier molecular flexibility index (Phi) is 6.83. The number of benzene rings is 3. The van der Waals surface area contributed by atoms with Gasteiger partial charge in [-0.1, -0.05) is 54.1 Å². The number of ether oxygens (including phenoxy) is 1. The second-order valence-electron chi connectivity index (χ2n) is 7.24. The van der Waals surface area contributed by atoms with Gasteiger partial charge in [0.15, 0.2) is 0 Å². The molecule has 162 valence electrons. The van der Waals surface area contributed by atoms with Crippen molar-refractivity contribution in [3.8, 4) is 16.3 Å². The molecule has 4 aromatic rings. The van der Waals surface area contributed by atoms with Gasteiger partial charge in [-0.2, -0.15) is 0 Å². The number of thiazole rings is 1. The van der Waals surface area contributed by atoms with Gasteiger partial charge in [-0.15, -0.1) is 11.3 Å². The number of aromatic nitrogens is 1. The highest BCUT2D eigenvalue weighted by molar-refractivity contribution is 7.13. The molecule has 1 amide bonds. The number of carbonyl (C=O) groups excluding carboxylic acids is 1. The minimum absolute atomic E-state index is 0.210. The van der Waals surface area contributed by atoms with Crippen LogP contribution in [0.25, 0.3) is 10.6 Å². The number of rotatable bonds is 7. The quantitative estimate of drug-likeness (QED) is 0.314. The molecule has 0 saturated heterocycles. The van der Waals surface area contributed by atoms with Gasteiger partial charge in [0.2, 0.25) is 0 Å². The third-order valence-corrected chi connectivity index (χ3v) is 5.91. The number of nitrogens with zero attached hydrogens (tertiary/aromatic N) is 2. The highest BCUT2D eigenvalue weighted by atomic mass is 35.5. The van der Waals surface area contributed by atoms with Gasteiger partial charge in [-0.05, 0) is 35.4 Å². The Morgan fingerprint density at radius 2 is 1.84 bits per heavy atom. The summed E-state index contributed by atoms with van der Waals surface area (Å²) >= 11 is 7.21. The lowest BCUT2D eigenvalue weighted by molar-refractivity contribution is 0.0780. The Bertz CT molecular complexity index is 1230. The van der Waals surface area contributed by atoms with Crippen LogP contribution in [0.2, 0.25) is 5.02 Å². The first-order valence-corrected chi connectivity index (χ1v) is 11.2.